The molecular weight excluding hydrogens is 384 g/mol. The van der Waals surface area contributed by atoms with Crippen molar-refractivity contribution in [1.29, 1.82) is 0 Å². The summed E-state index contributed by atoms with van der Waals surface area (Å²) in [4.78, 5) is 14.6. The molecule has 29 heavy (non-hydrogen) atoms. The van der Waals surface area contributed by atoms with Gasteiger partial charge in [-0.3, -0.25) is 0 Å². The van der Waals surface area contributed by atoms with Gasteiger partial charge in [0.1, 0.15) is 0 Å². The van der Waals surface area contributed by atoms with Crippen LogP contribution in [0, 0.1) is 6.92 Å². The number of nitrogens with one attached hydrogen (secondary N) is 3. The Bertz CT molecular complexity index is 870. The Kier molecular flexibility index (Phi) is 7.06. The summed E-state index contributed by atoms with van der Waals surface area (Å²) in [5.74, 6) is 0. The molecule has 2 aromatic rings. The van der Waals surface area contributed by atoms with Crippen LogP contribution in [0.1, 0.15) is 23.6 Å². The van der Waals surface area contributed by atoms with Crippen LogP contribution in [0.2, 0.25) is 0 Å². The summed E-state index contributed by atoms with van der Waals surface area (Å²) in [5.41, 5.74) is 5.11. The fourth-order valence-electron chi connectivity index (χ4n) is 3.42. The Morgan fingerprint density at radius 1 is 1.21 bits per heavy atom. The molecule has 0 saturated carbocycles. The van der Waals surface area contributed by atoms with E-state index < -0.39 is 0 Å². The molecule has 0 spiro atoms. The lowest BCUT2D eigenvalue weighted by Gasteiger charge is -2.33. The van der Waals surface area contributed by atoms with Crippen LogP contribution < -0.4 is 16.0 Å². The van der Waals surface area contributed by atoms with Crippen LogP contribution in [0.4, 0.5) is 16.2 Å². The molecular formula is C22H28N4O2S. The highest BCUT2D eigenvalue weighted by Crippen LogP contribution is 2.26. The van der Waals surface area contributed by atoms with Crippen molar-refractivity contribution in [3.05, 3.63) is 59.2 Å². The number of fused-ring (bicyclic) bond motifs is 1. The van der Waals surface area contributed by atoms with Gasteiger partial charge in [0.2, 0.25) is 0 Å². The van der Waals surface area contributed by atoms with Crippen LogP contribution in [-0.4, -0.2) is 42.3 Å². The maximum absolute atomic E-state index is 12.4. The van der Waals surface area contributed by atoms with E-state index in [0.717, 1.165) is 47.1 Å². The normalized spacial score (nSPS) is 14.0. The number of methoxy groups -OCH3 is 1. The molecule has 7 heteroatoms. The fraction of sp³-hybridized carbons (Fsp3) is 0.364. The molecule has 3 rings (SSSR count). The zero-order valence-electron chi connectivity index (χ0n) is 17.1. The van der Waals surface area contributed by atoms with E-state index in [1.165, 1.54) is 5.56 Å². The van der Waals surface area contributed by atoms with E-state index in [-0.39, 0.29) is 12.1 Å². The topological polar surface area (TPSA) is 65.6 Å². The van der Waals surface area contributed by atoms with Gasteiger partial charge < -0.3 is 25.6 Å². The number of carbonyl (C=O) groups is 1. The van der Waals surface area contributed by atoms with E-state index in [1.807, 2.05) is 50.2 Å². The number of nitrogens with zero attached hydrogens (tertiary/aromatic N) is 1. The van der Waals surface area contributed by atoms with Crippen LogP contribution in [0.25, 0.3) is 0 Å². The highest BCUT2D eigenvalue weighted by molar-refractivity contribution is 7.80. The van der Waals surface area contributed by atoms with E-state index in [4.69, 9.17) is 17.0 Å². The highest BCUT2D eigenvalue weighted by atomic mass is 32.1. The first kappa shape index (κ1) is 21.1. The number of hydrogen-bond acceptors (Lipinski definition) is 3. The van der Waals surface area contributed by atoms with E-state index in [0.29, 0.717) is 6.61 Å². The van der Waals surface area contributed by atoms with Gasteiger partial charge in [-0.05, 0) is 61.8 Å². The van der Waals surface area contributed by atoms with Crippen LogP contribution in [0.15, 0.2) is 42.5 Å². The van der Waals surface area contributed by atoms with Gasteiger partial charge in [-0.2, -0.15) is 0 Å². The zero-order chi connectivity index (χ0) is 20.8. The lowest BCUT2D eigenvalue weighted by atomic mass is 9.98. The first-order valence-corrected chi connectivity index (χ1v) is 10.2. The van der Waals surface area contributed by atoms with Crippen molar-refractivity contribution in [1.82, 2.24) is 10.2 Å². The molecule has 1 aliphatic rings. The molecule has 0 aliphatic carbocycles. The third kappa shape index (κ3) is 5.68. The minimum Gasteiger partial charge on any atom is -0.383 e. The van der Waals surface area contributed by atoms with Gasteiger partial charge in [0.05, 0.1) is 6.61 Å². The molecule has 6 nitrogen and oxygen atoms in total. The monoisotopic (exact) mass is 412 g/mol. The Balaban J connectivity index is 1.63. The van der Waals surface area contributed by atoms with Gasteiger partial charge in [0.25, 0.3) is 0 Å². The van der Waals surface area contributed by atoms with Crippen LogP contribution >= 0.6 is 12.2 Å². The number of urea groups is 1. The number of benzene rings is 2. The molecule has 1 aliphatic heterocycles. The second-order valence-corrected chi connectivity index (χ2v) is 7.75. The second kappa shape index (κ2) is 9.71. The summed E-state index contributed by atoms with van der Waals surface area (Å²) in [7, 11) is 1.68. The van der Waals surface area contributed by atoms with Gasteiger partial charge in [-0.1, -0.05) is 29.8 Å². The fourth-order valence-corrected chi connectivity index (χ4v) is 3.77. The predicted molar refractivity (Wildman–Crippen MR) is 121 cm³/mol. The smallest absolute Gasteiger partial charge is 0.323 e. The van der Waals surface area contributed by atoms with Crippen molar-refractivity contribution in [3.8, 4) is 0 Å². The molecule has 1 unspecified atom stereocenters. The number of anilines is 2. The number of amides is 2. The van der Waals surface area contributed by atoms with Gasteiger partial charge >= 0.3 is 6.03 Å². The van der Waals surface area contributed by atoms with E-state index in [2.05, 4.69) is 26.9 Å². The number of carbonyl (C=O) groups excluding carboxylic acids is 1. The first-order chi connectivity index (χ1) is 14.0. The Hall–Kier alpha value is -2.64. The Morgan fingerprint density at radius 3 is 2.69 bits per heavy atom. The highest BCUT2D eigenvalue weighted by Gasteiger charge is 2.22. The van der Waals surface area contributed by atoms with E-state index >= 15 is 0 Å². The summed E-state index contributed by atoms with van der Waals surface area (Å²) in [6, 6.07) is 13.7. The molecule has 2 aromatic carbocycles. The molecule has 0 saturated heterocycles. The number of rotatable bonds is 5. The molecule has 1 heterocycles. The number of ether oxygens (including phenoxy) is 1. The first-order valence-electron chi connectivity index (χ1n) is 9.76. The third-order valence-corrected chi connectivity index (χ3v) is 5.27. The lowest BCUT2D eigenvalue weighted by molar-refractivity contribution is 0.177. The van der Waals surface area contributed by atoms with Crippen molar-refractivity contribution in [2.75, 3.05) is 30.9 Å². The van der Waals surface area contributed by atoms with Crippen molar-refractivity contribution < 1.29 is 9.53 Å². The quantitative estimate of drug-likeness (QED) is 0.650. The molecule has 0 fully saturated rings. The van der Waals surface area contributed by atoms with Gasteiger partial charge in [0.15, 0.2) is 5.11 Å². The number of thiocarbonyl (C=S) groups is 1. The maximum atomic E-state index is 12.4. The SMILES string of the molecule is COCC(C)NC(=S)N1CCc2c(cccc2NC(=O)Nc2ccc(C)cc2)C1. The van der Waals surface area contributed by atoms with Gasteiger partial charge in [0, 0.05) is 37.6 Å². The molecule has 0 aromatic heterocycles. The second-order valence-electron chi connectivity index (χ2n) is 7.37. The molecule has 1 atom stereocenters. The Morgan fingerprint density at radius 2 is 1.97 bits per heavy atom. The minimum absolute atomic E-state index is 0.160. The van der Waals surface area contributed by atoms with Crippen molar-refractivity contribution >= 4 is 34.7 Å². The maximum Gasteiger partial charge on any atom is 0.323 e. The van der Waals surface area contributed by atoms with Crippen LogP contribution in [0.5, 0.6) is 0 Å². The minimum atomic E-state index is -0.240. The standard InChI is InChI=1S/C22H28N4O2S/c1-15-7-9-18(10-8-15)24-21(27)25-20-6-4-5-17-13-26(12-11-19(17)20)22(29)23-16(2)14-28-3/h4-10,16H,11-14H2,1-3H3,(H,23,29)(H2,24,25,27). The predicted octanol–water partition coefficient (Wildman–Crippen LogP) is 3.91. The van der Waals surface area contributed by atoms with E-state index in [9.17, 15) is 4.79 Å². The van der Waals surface area contributed by atoms with Crippen molar-refractivity contribution in [2.45, 2.75) is 32.9 Å². The summed E-state index contributed by atoms with van der Waals surface area (Å²) < 4.78 is 5.16. The summed E-state index contributed by atoms with van der Waals surface area (Å²) in [6.07, 6.45) is 0.816. The molecule has 2 amide bonds. The summed E-state index contributed by atoms with van der Waals surface area (Å²) >= 11 is 5.56. The molecule has 154 valence electrons. The largest absolute Gasteiger partial charge is 0.383 e. The molecule has 0 bridgehead atoms. The van der Waals surface area contributed by atoms with Crippen molar-refractivity contribution in [2.24, 2.45) is 0 Å². The van der Waals surface area contributed by atoms with Gasteiger partial charge in [-0.25, -0.2) is 4.79 Å². The number of aryl methyl sites for hydroxylation is 1. The average molecular weight is 413 g/mol. The van der Waals surface area contributed by atoms with E-state index in [1.54, 1.807) is 7.11 Å². The molecule has 0 radical (unpaired) electrons. The lowest BCUT2D eigenvalue weighted by Crippen LogP contribution is -2.46. The summed E-state index contributed by atoms with van der Waals surface area (Å²) in [6.45, 7) is 6.19. The summed E-state index contributed by atoms with van der Waals surface area (Å²) in [5, 5.41) is 9.92. The third-order valence-electron chi connectivity index (χ3n) is 4.90. The van der Waals surface area contributed by atoms with Gasteiger partial charge in [-0.15, -0.1) is 0 Å². The number of hydrogen-bond donors (Lipinski definition) is 3. The Labute approximate surface area is 177 Å². The van der Waals surface area contributed by atoms with Crippen molar-refractivity contribution in [3.63, 3.8) is 0 Å². The van der Waals surface area contributed by atoms with Crippen LogP contribution in [0.3, 0.4) is 0 Å². The zero-order valence-corrected chi connectivity index (χ0v) is 17.9. The molecule has 3 N–H and O–H groups in total. The average Bonchev–Trinajstić information content (AvgIpc) is 2.69. The van der Waals surface area contributed by atoms with Crippen LogP contribution in [-0.2, 0) is 17.7 Å².